The summed E-state index contributed by atoms with van der Waals surface area (Å²) in [6.07, 6.45) is 0. The fraction of sp³-hybridized carbons (Fsp3) is 0.500. The second-order valence-electron chi connectivity index (χ2n) is 3.92. The number of ether oxygens (including phenoxy) is 1. The van der Waals surface area contributed by atoms with Crippen molar-refractivity contribution in [1.29, 1.82) is 0 Å². The third-order valence-corrected chi connectivity index (χ3v) is 3.74. The Morgan fingerprint density at radius 1 is 1.47 bits per heavy atom. The molecule has 0 spiro atoms. The molecule has 1 fully saturated rings. The minimum absolute atomic E-state index is 0.656. The minimum Gasteiger partial charge on any atom is -0.379 e. The van der Waals surface area contributed by atoms with Crippen LogP contribution in [0.2, 0.25) is 0 Å². The van der Waals surface area contributed by atoms with Crippen molar-refractivity contribution in [3.8, 4) is 0 Å². The highest BCUT2D eigenvalue weighted by Crippen LogP contribution is 2.31. The van der Waals surface area contributed by atoms with Gasteiger partial charge in [0.15, 0.2) is 0 Å². The Morgan fingerprint density at radius 3 is 2.87 bits per heavy atom. The highest BCUT2D eigenvalue weighted by atomic mass is 32.2. The van der Waals surface area contributed by atoms with Crippen LogP contribution in [-0.4, -0.2) is 25.5 Å². The number of hydrogen-bond donors (Lipinski definition) is 1. The first-order chi connectivity index (χ1) is 7.29. The van der Waals surface area contributed by atoms with Crippen LogP contribution in [0, 0.1) is 6.92 Å². The van der Waals surface area contributed by atoms with E-state index in [1.54, 1.807) is 0 Å². The summed E-state index contributed by atoms with van der Waals surface area (Å²) in [5.41, 5.74) is 2.73. The van der Waals surface area contributed by atoms with Crippen LogP contribution in [-0.2, 0) is 11.3 Å². The van der Waals surface area contributed by atoms with E-state index >= 15 is 0 Å². The van der Waals surface area contributed by atoms with Gasteiger partial charge in [-0.25, -0.2) is 0 Å². The molecule has 0 aliphatic carbocycles. The van der Waals surface area contributed by atoms with Gasteiger partial charge >= 0.3 is 0 Å². The van der Waals surface area contributed by atoms with Gasteiger partial charge in [-0.3, -0.25) is 0 Å². The lowest BCUT2D eigenvalue weighted by molar-refractivity contribution is 0.0455. The van der Waals surface area contributed by atoms with Gasteiger partial charge < -0.3 is 10.1 Å². The predicted octanol–water partition coefficient (Wildman–Crippen LogP) is 2.21. The molecule has 3 heteroatoms. The molecule has 0 saturated carbocycles. The van der Waals surface area contributed by atoms with E-state index in [1.165, 1.54) is 16.0 Å². The van der Waals surface area contributed by atoms with Crippen molar-refractivity contribution < 1.29 is 4.74 Å². The molecule has 1 heterocycles. The van der Waals surface area contributed by atoms with E-state index in [1.807, 2.05) is 18.8 Å². The van der Waals surface area contributed by atoms with Gasteiger partial charge in [0.25, 0.3) is 0 Å². The summed E-state index contributed by atoms with van der Waals surface area (Å²) in [6, 6.07) is 6.67. The molecular weight excluding hydrogens is 206 g/mol. The molecule has 1 saturated heterocycles. The molecule has 2 nitrogen and oxygen atoms in total. The molecule has 0 aromatic heterocycles. The highest BCUT2D eigenvalue weighted by Gasteiger charge is 2.20. The summed E-state index contributed by atoms with van der Waals surface area (Å²) in [5.74, 6) is 0. The SMILES string of the molecule is CNCc1cc(C)ccc1SC1COC1. The summed E-state index contributed by atoms with van der Waals surface area (Å²) >= 11 is 1.94. The third kappa shape index (κ3) is 2.74. The first kappa shape index (κ1) is 11.0. The summed E-state index contributed by atoms with van der Waals surface area (Å²) in [5, 5.41) is 3.87. The molecule has 15 heavy (non-hydrogen) atoms. The zero-order valence-corrected chi connectivity index (χ0v) is 10.1. The molecule has 0 amide bonds. The Balaban J connectivity index is 2.12. The lowest BCUT2D eigenvalue weighted by atomic mass is 10.1. The van der Waals surface area contributed by atoms with Gasteiger partial charge in [0, 0.05) is 11.4 Å². The molecule has 2 rings (SSSR count). The van der Waals surface area contributed by atoms with Crippen LogP contribution >= 0.6 is 11.8 Å². The Labute approximate surface area is 95.4 Å². The van der Waals surface area contributed by atoms with Crippen molar-refractivity contribution in [2.75, 3.05) is 20.3 Å². The number of nitrogens with one attached hydrogen (secondary N) is 1. The van der Waals surface area contributed by atoms with Crippen molar-refractivity contribution in [3.05, 3.63) is 29.3 Å². The van der Waals surface area contributed by atoms with Crippen LogP contribution in [0.25, 0.3) is 0 Å². The third-order valence-electron chi connectivity index (χ3n) is 2.48. The van der Waals surface area contributed by atoms with Crippen LogP contribution < -0.4 is 5.32 Å². The molecular formula is C12H17NOS. The second-order valence-corrected chi connectivity index (χ2v) is 5.26. The lowest BCUT2D eigenvalue weighted by Crippen LogP contribution is -2.30. The molecule has 1 aromatic carbocycles. The van der Waals surface area contributed by atoms with Crippen LogP contribution in [0.4, 0.5) is 0 Å². The van der Waals surface area contributed by atoms with E-state index in [-0.39, 0.29) is 0 Å². The normalized spacial score (nSPS) is 16.4. The van der Waals surface area contributed by atoms with Crippen LogP contribution in [0.15, 0.2) is 23.1 Å². The Hall–Kier alpha value is -0.510. The predicted molar refractivity (Wildman–Crippen MR) is 64.4 cm³/mol. The van der Waals surface area contributed by atoms with Gasteiger partial charge in [0.05, 0.1) is 18.5 Å². The molecule has 0 atom stereocenters. The van der Waals surface area contributed by atoms with Crippen LogP contribution in [0.3, 0.4) is 0 Å². The van der Waals surface area contributed by atoms with E-state index in [4.69, 9.17) is 4.74 Å². The van der Waals surface area contributed by atoms with E-state index in [9.17, 15) is 0 Å². The Bertz CT molecular complexity index is 336. The van der Waals surface area contributed by atoms with Gasteiger partial charge in [0.1, 0.15) is 0 Å². The first-order valence-electron chi connectivity index (χ1n) is 5.28. The molecule has 0 unspecified atom stereocenters. The first-order valence-corrected chi connectivity index (χ1v) is 6.16. The maximum Gasteiger partial charge on any atom is 0.0611 e. The molecule has 0 bridgehead atoms. The summed E-state index contributed by atoms with van der Waals surface area (Å²) < 4.78 is 5.19. The van der Waals surface area contributed by atoms with Crippen molar-refractivity contribution in [2.45, 2.75) is 23.6 Å². The Morgan fingerprint density at radius 2 is 2.27 bits per heavy atom. The van der Waals surface area contributed by atoms with Gasteiger partial charge in [-0.15, -0.1) is 11.8 Å². The lowest BCUT2D eigenvalue weighted by Gasteiger charge is -2.26. The highest BCUT2D eigenvalue weighted by molar-refractivity contribution is 8.00. The van der Waals surface area contributed by atoms with E-state index in [2.05, 4.69) is 30.4 Å². The minimum atomic E-state index is 0.656. The Kier molecular flexibility index (Phi) is 3.67. The average Bonchev–Trinajstić information content (AvgIpc) is 2.14. The summed E-state index contributed by atoms with van der Waals surface area (Å²) in [6.45, 7) is 4.88. The zero-order chi connectivity index (χ0) is 10.7. The number of rotatable bonds is 4. The molecule has 1 aliphatic rings. The van der Waals surface area contributed by atoms with Gasteiger partial charge in [-0.05, 0) is 25.6 Å². The van der Waals surface area contributed by atoms with Gasteiger partial charge in [0.2, 0.25) is 0 Å². The largest absolute Gasteiger partial charge is 0.379 e. The van der Waals surface area contributed by atoms with Crippen molar-refractivity contribution in [1.82, 2.24) is 5.32 Å². The van der Waals surface area contributed by atoms with Crippen molar-refractivity contribution in [3.63, 3.8) is 0 Å². The van der Waals surface area contributed by atoms with E-state index in [0.29, 0.717) is 5.25 Å². The number of benzene rings is 1. The maximum absolute atomic E-state index is 5.19. The standard InChI is InChI=1S/C12H17NOS/c1-9-3-4-12(10(5-9)6-13-2)15-11-7-14-8-11/h3-5,11,13H,6-8H2,1-2H3. The molecule has 1 aromatic rings. The molecule has 1 aliphatic heterocycles. The smallest absolute Gasteiger partial charge is 0.0611 e. The number of hydrogen-bond acceptors (Lipinski definition) is 3. The molecule has 82 valence electrons. The second kappa shape index (κ2) is 5.01. The van der Waals surface area contributed by atoms with Crippen LogP contribution in [0.1, 0.15) is 11.1 Å². The number of aryl methyl sites for hydroxylation is 1. The monoisotopic (exact) mass is 223 g/mol. The van der Waals surface area contributed by atoms with E-state index in [0.717, 1.165) is 19.8 Å². The van der Waals surface area contributed by atoms with E-state index < -0.39 is 0 Å². The maximum atomic E-state index is 5.19. The van der Waals surface area contributed by atoms with Crippen molar-refractivity contribution >= 4 is 11.8 Å². The average molecular weight is 223 g/mol. The topological polar surface area (TPSA) is 21.3 Å². The quantitative estimate of drug-likeness (QED) is 0.845. The van der Waals surface area contributed by atoms with Gasteiger partial charge in [-0.2, -0.15) is 0 Å². The fourth-order valence-corrected chi connectivity index (χ4v) is 2.73. The summed E-state index contributed by atoms with van der Waals surface area (Å²) in [7, 11) is 1.99. The summed E-state index contributed by atoms with van der Waals surface area (Å²) in [4.78, 5) is 1.39. The van der Waals surface area contributed by atoms with Crippen molar-refractivity contribution in [2.24, 2.45) is 0 Å². The zero-order valence-electron chi connectivity index (χ0n) is 9.25. The molecule has 1 N–H and O–H groups in total. The van der Waals surface area contributed by atoms with Gasteiger partial charge in [-0.1, -0.05) is 17.7 Å². The van der Waals surface area contributed by atoms with Crippen LogP contribution in [0.5, 0.6) is 0 Å². The molecule has 0 radical (unpaired) electrons. The number of thioether (sulfide) groups is 1. The fourth-order valence-electron chi connectivity index (χ4n) is 1.61.